The molecule has 1 saturated carbocycles. The van der Waals surface area contributed by atoms with E-state index in [0.717, 1.165) is 38.4 Å². The number of nitrogens with one attached hydrogen (secondary N) is 2. The van der Waals surface area contributed by atoms with E-state index in [0.29, 0.717) is 12.1 Å². The molecule has 2 heterocycles. The van der Waals surface area contributed by atoms with Gasteiger partial charge in [-0.05, 0) is 50.1 Å². The quantitative estimate of drug-likeness (QED) is 0.792. The third-order valence-corrected chi connectivity index (χ3v) is 6.28. The Morgan fingerprint density at radius 1 is 1.07 bits per heavy atom. The SMILES string of the molecule is Cl.Cl.O=C(NC1CCCN(Cc2ccccc2)C1)C1CC2CCCCC2N1. The van der Waals surface area contributed by atoms with Crippen molar-refractivity contribution in [3.63, 3.8) is 0 Å². The van der Waals surface area contributed by atoms with Crippen molar-refractivity contribution < 1.29 is 4.79 Å². The predicted octanol–water partition coefficient (Wildman–Crippen LogP) is 3.53. The summed E-state index contributed by atoms with van der Waals surface area (Å²) in [4.78, 5) is 15.2. The fourth-order valence-corrected chi connectivity index (χ4v) is 4.98. The Hall–Kier alpha value is -0.810. The molecule has 3 fully saturated rings. The van der Waals surface area contributed by atoms with E-state index in [4.69, 9.17) is 0 Å². The number of rotatable bonds is 4. The fourth-order valence-electron chi connectivity index (χ4n) is 4.98. The van der Waals surface area contributed by atoms with Gasteiger partial charge in [-0.2, -0.15) is 0 Å². The van der Waals surface area contributed by atoms with Crippen LogP contribution in [0.1, 0.15) is 50.5 Å². The lowest BCUT2D eigenvalue weighted by molar-refractivity contribution is -0.124. The van der Waals surface area contributed by atoms with Crippen LogP contribution in [0.3, 0.4) is 0 Å². The second kappa shape index (κ2) is 10.7. The van der Waals surface area contributed by atoms with Crippen LogP contribution in [0, 0.1) is 5.92 Å². The number of halogens is 2. The number of fused-ring (bicyclic) bond motifs is 1. The molecule has 3 aliphatic rings. The summed E-state index contributed by atoms with van der Waals surface area (Å²) < 4.78 is 0. The van der Waals surface area contributed by atoms with E-state index in [1.807, 2.05) is 0 Å². The molecule has 0 bridgehead atoms. The van der Waals surface area contributed by atoms with Gasteiger partial charge in [0.05, 0.1) is 6.04 Å². The van der Waals surface area contributed by atoms with Crippen molar-refractivity contribution in [2.24, 2.45) is 5.92 Å². The largest absolute Gasteiger partial charge is 0.351 e. The third-order valence-electron chi connectivity index (χ3n) is 6.28. The van der Waals surface area contributed by atoms with Crippen LogP contribution in [0.25, 0.3) is 0 Å². The van der Waals surface area contributed by atoms with Gasteiger partial charge in [-0.3, -0.25) is 9.69 Å². The van der Waals surface area contributed by atoms with Gasteiger partial charge in [0.1, 0.15) is 0 Å². The summed E-state index contributed by atoms with van der Waals surface area (Å²) in [7, 11) is 0. The van der Waals surface area contributed by atoms with E-state index in [9.17, 15) is 4.79 Å². The monoisotopic (exact) mass is 413 g/mol. The van der Waals surface area contributed by atoms with Gasteiger partial charge in [0.15, 0.2) is 0 Å². The van der Waals surface area contributed by atoms with Gasteiger partial charge in [-0.1, -0.05) is 43.2 Å². The maximum Gasteiger partial charge on any atom is 0.237 e. The van der Waals surface area contributed by atoms with Crippen LogP contribution in [-0.2, 0) is 11.3 Å². The summed E-state index contributed by atoms with van der Waals surface area (Å²) in [6.45, 7) is 3.09. The standard InChI is InChI=1S/C21H31N3O.2ClH/c25-21(20-13-17-9-4-5-11-19(17)23-20)22-18-10-6-12-24(15-18)14-16-7-2-1-3-8-16;;/h1-3,7-8,17-20,23H,4-6,9-15H2,(H,22,25);2*1H. The molecule has 4 unspecified atom stereocenters. The zero-order valence-corrected chi connectivity index (χ0v) is 17.6. The number of likely N-dealkylation sites (tertiary alicyclic amines) is 1. The van der Waals surface area contributed by atoms with E-state index >= 15 is 0 Å². The fraction of sp³-hybridized carbons (Fsp3) is 0.667. The van der Waals surface area contributed by atoms with Gasteiger partial charge in [0.2, 0.25) is 5.91 Å². The first-order valence-corrected chi connectivity index (χ1v) is 10.1. The number of hydrogen-bond donors (Lipinski definition) is 2. The average Bonchev–Trinajstić information content (AvgIpc) is 3.07. The van der Waals surface area contributed by atoms with E-state index in [1.165, 1.54) is 37.7 Å². The van der Waals surface area contributed by atoms with Crippen molar-refractivity contribution in [2.75, 3.05) is 13.1 Å². The highest BCUT2D eigenvalue weighted by atomic mass is 35.5. The van der Waals surface area contributed by atoms with Crippen LogP contribution in [0.4, 0.5) is 0 Å². The van der Waals surface area contributed by atoms with E-state index in [2.05, 4.69) is 45.9 Å². The number of hydrogen-bond acceptors (Lipinski definition) is 3. The normalized spacial score (nSPS) is 30.5. The van der Waals surface area contributed by atoms with Crippen LogP contribution < -0.4 is 10.6 Å². The Balaban J connectivity index is 0.00000131. The molecule has 0 radical (unpaired) electrons. The topological polar surface area (TPSA) is 44.4 Å². The number of piperidine rings is 1. The molecule has 27 heavy (non-hydrogen) atoms. The lowest BCUT2D eigenvalue weighted by Gasteiger charge is -2.33. The molecule has 1 aromatic carbocycles. The maximum absolute atomic E-state index is 12.7. The van der Waals surface area contributed by atoms with Crippen molar-refractivity contribution in [1.82, 2.24) is 15.5 Å². The molecule has 4 atom stereocenters. The Morgan fingerprint density at radius 2 is 1.85 bits per heavy atom. The molecule has 0 spiro atoms. The van der Waals surface area contributed by atoms with Gasteiger partial charge in [0, 0.05) is 25.2 Å². The van der Waals surface area contributed by atoms with Crippen LogP contribution in [-0.4, -0.2) is 42.0 Å². The summed E-state index contributed by atoms with van der Waals surface area (Å²) in [5.41, 5.74) is 1.36. The van der Waals surface area contributed by atoms with E-state index in [-0.39, 0.29) is 36.8 Å². The van der Waals surface area contributed by atoms with Gasteiger partial charge in [-0.25, -0.2) is 0 Å². The minimum Gasteiger partial charge on any atom is -0.351 e. The van der Waals surface area contributed by atoms with Gasteiger partial charge in [0.25, 0.3) is 0 Å². The van der Waals surface area contributed by atoms with Crippen molar-refractivity contribution in [3.05, 3.63) is 35.9 Å². The van der Waals surface area contributed by atoms with Crippen molar-refractivity contribution >= 4 is 30.7 Å². The average molecular weight is 414 g/mol. The first-order chi connectivity index (χ1) is 12.3. The highest BCUT2D eigenvalue weighted by molar-refractivity contribution is 5.85. The Bertz CT molecular complexity index is 572. The van der Waals surface area contributed by atoms with E-state index in [1.54, 1.807) is 0 Å². The first kappa shape index (κ1) is 22.5. The smallest absolute Gasteiger partial charge is 0.237 e. The summed E-state index contributed by atoms with van der Waals surface area (Å²) >= 11 is 0. The highest BCUT2D eigenvalue weighted by Gasteiger charge is 2.38. The Labute approximate surface area is 175 Å². The summed E-state index contributed by atoms with van der Waals surface area (Å²) in [6.07, 6.45) is 8.53. The molecule has 2 N–H and O–H groups in total. The molecule has 1 amide bonds. The molecular formula is C21H33Cl2N3O. The van der Waals surface area contributed by atoms with Crippen LogP contribution in [0.2, 0.25) is 0 Å². The molecule has 1 aromatic rings. The molecule has 4 rings (SSSR count). The number of nitrogens with zero attached hydrogens (tertiary/aromatic N) is 1. The van der Waals surface area contributed by atoms with Gasteiger partial charge in [-0.15, -0.1) is 24.8 Å². The second-order valence-corrected chi connectivity index (χ2v) is 8.17. The van der Waals surface area contributed by atoms with Crippen LogP contribution in [0.5, 0.6) is 0 Å². The molecular weight excluding hydrogens is 381 g/mol. The molecule has 1 aliphatic carbocycles. The second-order valence-electron chi connectivity index (χ2n) is 8.17. The maximum atomic E-state index is 12.7. The lowest BCUT2D eigenvalue weighted by atomic mass is 9.85. The molecule has 0 aromatic heterocycles. The first-order valence-electron chi connectivity index (χ1n) is 10.1. The predicted molar refractivity (Wildman–Crippen MR) is 115 cm³/mol. The number of amides is 1. The highest BCUT2D eigenvalue weighted by Crippen LogP contribution is 2.33. The van der Waals surface area contributed by atoms with Crippen molar-refractivity contribution in [2.45, 2.75) is 69.6 Å². The third kappa shape index (κ3) is 5.83. The Kier molecular flexibility index (Phi) is 8.87. The molecule has 152 valence electrons. The summed E-state index contributed by atoms with van der Waals surface area (Å²) in [5.74, 6) is 0.964. The minimum absolute atomic E-state index is 0. The summed E-state index contributed by atoms with van der Waals surface area (Å²) in [5, 5.41) is 6.95. The van der Waals surface area contributed by atoms with Crippen LogP contribution >= 0.6 is 24.8 Å². The zero-order valence-electron chi connectivity index (χ0n) is 15.9. The van der Waals surface area contributed by atoms with Crippen molar-refractivity contribution in [1.29, 1.82) is 0 Å². The number of carbonyl (C=O) groups excluding carboxylic acids is 1. The summed E-state index contributed by atoms with van der Waals surface area (Å²) in [6, 6.07) is 11.6. The van der Waals surface area contributed by atoms with Gasteiger partial charge < -0.3 is 10.6 Å². The minimum atomic E-state index is 0. The lowest BCUT2D eigenvalue weighted by Crippen LogP contribution is -2.52. The molecule has 4 nitrogen and oxygen atoms in total. The zero-order chi connectivity index (χ0) is 17.1. The molecule has 2 saturated heterocycles. The number of carbonyl (C=O) groups is 1. The van der Waals surface area contributed by atoms with Crippen molar-refractivity contribution in [3.8, 4) is 0 Å². The Morgan fingerprint density at radius 3 is 2.63 bits per heavy atom. The molecule has 6 heteroatoms. The molecule has 2 aliphatic heterocycles. The van der Waals surface area contributed by atoms with E-state index < -0.39 is 0 Å². The van der Waals surface area contributed by atoms with Gasteiger partial charge >= 0.3 is 0 Å². The van der Waals surface area contributed by atoms with Crippen LogP contribution in [0.15, 0.2) is 30.3 Å². The number of benzene rings is 1.